The second-order valence-corrected chi connectivity index (χ2v) is 6.21. The number of hydrogen-bond donors (Lipinski definition) is 0. The summed E-state index contributed by atoms with van der Waals surface area (Å²) in [6, 6.07) is 6.26. The second kappa shape index (κ2) is 6.86. The Labute approximate surface area is 154 Å². The summed E-state index contributed by atoms with van der Waals surface area (Å²) in [5.74, 6) is -0.294. The molecular weight excluding hydrogens is 353 g/mol. The molecule has 1 aliphatic heterocycles. The lowest BCUT2D eigenvalue weighted by atomic mass is 10.0. The molecule has 0 radical (unpaired) electrons. The van der Waals surface area contributed by atoms with E-state index in [4.69, 9.17) is 14.2 Å². The summed E-state index contributed by atoms with van der Waals surface area (Å²) in [7, 11) is 1.81. The predicted molar refractivity (Wildman–Crippen MR) is 94.4 cm³/mol. The molecule has 0 unspecified atom stereocenters. The van der Waals surface area contributed by atoms with Crippen LogP contribution in [0.15, 0.2) is 30.5 Å². The average molecular weight is 371 g/mol. The fourth-order valence-corrected chi connectivity index (χ4v) is 3.05. The van der Waals surface area contributed by atoms with Gasteiger partial charge in [-0.3, -0.25) is 4.68 Å². The van der Waals surface area contributed by atoms with Crippen LogP contribution in [0.1, 0.15) is 18.9 Å². The molecule has 1 aliphatic rings. The van der Waals surface area contributed by atoms with E-state index in [0.29, 0.717) is 29.7 Å². The van der Waals surface area contributed by atoms with E-state index in [-0.39, 0.29) is 18.2 Å². The number of aryl methyl sites for hydroxylation is 2. The van der Waals surface area contributed by atoms with Gasteiger partial charge in [-0.1, -0.05) is 0 Å². The Morgan fingerprint density at radius 3 is 3.07 bits per heavy atom. The van der Waals surface area contributed by atoms with Gasteiger partial charge >= 0.3 is 5.97 Å². The van der Waals surface area contributed by atoms with Gasteiger partial charge < -0.3 is 14.2 Å². The maximum atomic E-state index is 14.4. The predicted octanol–water partition coefficient (Wildman–Crippen LogP) is 3.16. The number of hydrogen-bond acceptors (Lipinski definition) is 6. The molecule has 27 heavy (non-hydrogen) atoms. The van der Waals surface area contributed by atoms with Crippen molar-refractivity contribution in [3.05, 3.63) is 41.8 Å². The summed E-state index contributed by atoms with van der Waals surface area (Å²) in [5, 5.41) is 4.12. The van der Waals surface area contributed by atoms with Crippen LogP contribution >= 0.6 is 0 Å². The fraction of sp³-hybridized carbons (Fsp3) is 0.316. The van der Waals surface area contributed by atoms with Crippen LogP contribution in [0.2, 0.25) is 0 Å². The first-order chi connectivity index (χ1) is 13.0. The van der Waals surface area contributed by atoms with Crippen molar-refractivity contribution in [2.75, 3.05) is 6.61 Å². The molecule has 0 amide bonds. The van der Waals surface area contributed by atoms with E-state index in [2.05, 4.69) is 10.1 Å². The third-order valence-electron chi connectivity index (χ3n) is 4.40. The first-order valence-electron chi connectivity index (χ1n) is 8.67. The first kappa shape index (κ1) is 17.3. The van der Waals surface area contributed by atoms with E-state index in [1.54, 1.807) is 29.9 Å². The highest BCUT2D eigenvalue weighted by Crippen LogP contribution is 2.35. The molecule has 0 spiro atoms. The van der Waals surface area contributed by atoms with Crippen molar-refractivity contribution in [1.29, 1.82) is 0 Å². The number of esters is 1. The Bertz CT molecular complexity index is 1020. The van der Waals surface area contributed by atoms with Crippen LogP contribution in [0.5, 0.6) is 17.4 Å². The zero-order valence-corrected chi connectivity index (χ0v) is 14.9. The first-order valence-corrected chi connectivity index (χ1v) is 8.67. The summed E-state index contributed by atoms with van der Waals surface area (Å²) in [6.07, 6.45) is 1.89. The molecule has 0 bridgehead atoms. The van der Waals surface area contributed by atoms with Crippen LogP contribution in [0, 0.1) is 5.82 Å². The molecule has 0 saturated heterocycles. The highest BCUT2D eigenvalue weighted by atomic mass is 19.1. The Morgan fingerprint density at radius 2 is 2.26 bits per heavy atom. The molecule has 1 aromatic carbocycles. The molecule has 3 aromatic rings. The lowest BCUT2D eigenvalue weighted by Gasteiger charge is -2.25. The molecule has 140 valence electrons. The number of aromatic nitrogens is 3. The Hall–Kier alpha value is -3.16. The molecular formula is C19H18FN3O4. The number of nitrogens with zero attached hydrogens (tertiary/aromatic N) is 3. The molecule has 4 rings (SSSR count). The maximum Gasteiger partial charge on any atom is 0.347 e. The molecule has 0 aliphatic carbocycles. The SMILES string of the molecule is CCOC(=O)[C@H]1CCc2cc(F)c(Oc3ccc4c(cnn4C)n3)cc2O1. The molecule has 0 fully saturated rings. The summed E-state index contributed by atoms with van der Waals surface area (Å²) in [5.41, 5.74) is 2.18. The summed E-state index contributed by atoms with van der Waals surface area (Å²) >= 11 is 0. The monoisotopic (exact) mass is 371 g/mol. The minimum atomic E-state index is -0.694. The van der Waals surface area contributed by atoms with Crippen LogP contribution in [0.25, 0.3) is 11.0 Å². The molecule has 0 N–H and O–H groups in total. The summed E-state index contributed by atoms with van der Waals surface area (Å²) < 4.78 is 32.4. The van der Waals surface area contributed by atoms with Gasteiger partial charge in [0.25, 0.3) is 0 Å². The number of fused-ring (bicyclic) bond motifs is 2. The van der Waals surface area contributed by atoms with Gasteiger partial charge in [0, 0.05) is 19.2 Å². The average Bonchev–Trinajstić information content (AvgIpc) is 3.02. The van der Waals surface area contributed by atoms with Gasteiger partial charge in [-0.25, -0.2) is 14.2 Å². The Balaban J connectivity index is 1.60. The van der Waals surface area contributed by atoms with Crippen LogP contribution in [0.4, 0.5) is 4.39 Å². The zero-order chi connectivity index (χ0) is 19.0. The van der Waals surface area contributed by atoms with Gasteiger partial charge in [0.05, 0.1) is 18.3 Å². The van der Waals surface area contributed by atoms with E-state index in [9.17, 15) is 9.18 Å². The van der Waals surface area contributed by atoms with Gasteiger partial charge in [-0.05, 0) is 37.5 Å². The van der Waals surface area contributed by atoms with Gasteiger partial charge in [0.2, 0.25) is 5.88 Å². The summed E-state index contributed by atoms with van der Waals surface area (Å²) in [6.45, 7) is 2.02. The third kappa shape index (κ3) is 3.30. The van der Waals surface area contributed by atoms with E-state index in [1.165, 1.54) is 12.1 Å². The summed E-state index contributed by atoms with van der Waals surface area (Å²) in [4.78, 5) is 16.2. The van der Waals surface area contributed by atoms with Gasteiger partial charge in [-0.15, -0.1) is 0 Å². The normalized spacial score (nSPS) is 15.9. The lowest BCUT2D eigenvalue weighted by molar-refractivity contribution is -0.152. The van der Waals surface area contributed by atoms with Crippen molar-refractivity contribution in [2.24, 2.45) is 7.05 Å². The molecule has 2 aromatic heterocycles. The molecule has 8 heteroatoms. The third-order valence-corrected chi connectivity index (χ3v) is 4.40. The van der Waals surface area contributed by atoms with Crippen LogP contribution in [-0.4, -0.2) is 33.4 Å². The van der Waals surface area contributed by atoms with Gasteiger partial charge in [0.1, 0.15) is 11.3 Å². The van der Waals surface area contributed by atoms with Gasteiger partial charge in [0.15, 0.2) is 17.7 Å². The minimum Gasteiger partial charge on any atom is -0.478 e. The van der Waals surface area contributed by atoms with Crippen LogP contribution < -0.4 is 9.47 Å². The van der Waals surface area contributed by atoms with E-state index < -0.39 is 17.9 Å². The molecule has 0 saturated carbocycles. The maximum absolute atomic E-state index is 14.4. The number of rotatable bonds is 4. The highest BCUT2D eigenvalue weighted by Gasteiger charge is 2.28. The van der Waals surface area contributed by atoms with Gasteiger partial charge in [-0.2, -0.15) is 5.10 Å². The number of benzene rings is 1. The van der Waals surface area contributed by atoms with Crippen molar-refractivity contribution in [3.63, 3.8) is 0 Å². The van der Waals surface area contributed by atoms with Crippen LogP contribution in [0.3, 0.4) is 0 Å². The number of halogens is 1. The topological polar surface area (TPSA) is 75.5 Å². The Kier molecular flexibility index (Phi) is 4.39. The smallest absolute Gasteiger partial charge is 0.347 e. The largest absolute Gasteiger partial charge is 0.478 e. The van der Waals surface area contributed by atoms with Crippen molar-refractivity contribution in [3.8, 4) is 17.4 Å². The lowest BCUT2D eigenvalue weighted by Crippen LogP contribution is -2.32. The number of carbonyl (C=O) groups is 1. The molecule has 3 heterocycles. The fourth-order valence-electron chi connectivity index (χ4n) is 3.05. The van der Waals surface area contributed by atoms with E-state index in [1.807, 2.05) is 7.05 Å². The quantitative estimate of drug-likeness (QED) is 0.656. The van der Waals surface area contributed by atoms with E-state index >= 15 is 0 Å². The van der Waals surface area contributed by atoms with Crippen molar-refractivity contribution < 1.29 is 23.4 Å². The Morgan fingerprint density at radius 1 is 1.41 bits per heavy atom. The number of carbonyl (C=O) groups excluding carboxylic acids is 1. The van der Waals surface area contributed by atoms with Crippen molar-refractivity contribution in [1.82, 2.24) is 14.8 Å². The number of ether oxygens (including phenoxy) is 3. The molecule has 1 atom stereocenters. The standard InChI is InChI=1S/C19H18FN3O4/c1-3-25-19(24)15-6-4-11-8-12(20)17(9-16(11)26-15)27-18-7-5-14-13(22-18)10-21-23(14)2/h5,7-10,15H,3-4,6H2,1-2H3/t15-/m1/s1. The number of pyridine rings is 1. The van der Waals surface area contributed by atoms with Crippen molar-refractivity contribution in [2.45, 2.75) is 25.9 Å². The second-order valence-electron chi connectivity index (χ2n) is 6.21. The zero-order valence-electron chi connectivity index (χ0n) is 14.9. The minimum absolute atomic E-state index is 0.0194. The van der Waals surface area contributed by atoms with Crippen molar-refractivity contribution >= 4 is 17.0 Å². The van der Waals surface area contributed by atoms with E-state index in [0.717, 1.165) is 5.52 Å². The molecule has 7 nitrogen and oxygen atoms in total. The highest BCUT2D eigenvalue weighted by molar-refractivity contribution is 5.76. The van der Waals surface area contributed by atoms with Crippen LogP contribution in [-0.2, 0) is 23.0 Å².